The normalized spacial score (nSPS) is 21.7. The molecule has 5 heteroatoms. The zero-order valence-electron chi connectivity index (χ0n) is 14.8. The smallest absolute Gasteiger partial charge is 0.226 e. The number of carbonyl (C=O) groups excluding carboxylic acids is 1. The molecule has 1 aromatic rings. The number of amides is 1. The molecular formula is C19H27BrN2O2. The molecule has 2 aliphatic heterocycles. The molecule has 0 radical (unpaired) electrons. The zero-order chi connectivity index (χ0) is 17.3. The summed E-state index contributed by atoms with van der Waals surface area (Å²) < 4.78 is 6.78. The number of nitrogens with zero attached hydrogens (tertiary/aromatic N) is 1. The lowest BCUT2D eigenvalue weighted by Gasteiger charge is -2.42. The van der Waals surface area contributed by atoms with E-state index in [0.29, 0.717) is 11.8 Å². The van der Waals surface area contributed by atoms with Gasteiger partial charge in [-0.1, -0.05) is 29.8 Å². The second kappa shape index (κ2) is 7.44. The largest absolute Gasteiger partial charge is 0.496 e. The summed E-state index contributed by atoms with van der Waals surface area (Å²) in [4.78, 5) is 15.3. The number of hydrogen-bond donors (Lipinski definition) is 1. The Labute approximate surface area is 153 Å². The molecule has 0 bridgehead atoms. The van der Waals surface area contributed by atoms with Gasteiger partial charge >= 0.3 is 0 Å². The molecule has 0 saturated carbocycles. The van der Waals surface area contributed by atoms with Crippen molar-refractivity contribution >= 4 is 21.8 Å². The molecule has 132 valence electrons. The minimum absolute atomic E-state index is 0.0867. The molecule has 1 fully saturated rings. The van der Waals surface area contributed by atoms with Gasteiger partial charge in [-0.3, -0.25) is 4.79 Å². The predicted molar refractivity (Wildman–Crippen MR) is 99.3 cm³/mol. The van der Waals surface area contributed by atoms with E-state index in [1.807, 2.05) is 6.07 Å². The number of fused-ring (bicyclic) bond motifs is 1. The van der Waals surface area contributed by atoms with Crippen molar-refractivity contribution in [3.05, 3.63) is 27.7 Å². The third-order valence-corrected chi connectivity index (χ3v) is 6.06. The molecule has 4 nitrogen and oxygen atoms in total. The van der Waals surface area contributed by atoms with Crippen molar-refractivity contribution in [2.45, 2.75) is 39.2 Å². The second-order valence-corrected chi connectivity index (χ2v) is 7.99. The summed E-state index contributed by atoms with van der Waals surface area (Å²) in [6.45, 7) is 7.08. The summed E-state index contributed by atoms with van der Waals surface area (Å²) in [5, 5.41) is 3.35. The summed E-state index contributed by atoms with van der Waals surface area (Å²) >= 11 is 3.69. The van der Waals surface area contributed by atoms with Crippen LogP contribution in [0.2, 0.25) is 0 Å². The Balaban J connectivity index is 1.98. The lowest BCUT2D eigenvalue weighted by molar-refractivity contribution is -0.140. The highest BCUT2D eigenvalue weighted by Gasteiger charge is 2.38. The molecule has 0 aliphatic carbocycles. The molecule has 2 aliphatic rings. The van der Waals surface area contributed by atoms with Crippen LogP contribution in [0.4, 0.5) is 0 Å². The first kappa shape index (κ1) is 17.7. The van der Waals surface area contributed by atoms with Crippen molar-refractivity contribution in [1.29, 1.82) is 0 Å². The van der Waals surface area contributed by atoms with Gasteiger partial charge in [0.25, 0.3) is 0 Å². The van der Waals surface area contributed by atoms with Crippen molar-refractivity contribution in [2.24, 2.45) is 11.8 Å². The first-order valence-corrected chi connectivity index (χ1v) is 9.70. The van der Waals surface area contributed by atoms with Gasteiger partial charge in [-0.2, -0.15) is 0 Å². The molecule has 0 aromatic heterocycles. The highest BCUT2D eigenvalue weighted by molar-refractivity contribution is 9.10. The van der Waals surface area contributed by atoms with Crippen LogP contribution in [-0.4, -0.2) is 37.6 Å². The first-order chi connectivity index (χ1) is 11.5. The molecule has 1 amide bonds. The third kappa shape index (κ3) is 3.21. The fourth-order valence-corrected chi connectivity index (χ4v) is 4.69. The minimum Gasteiger partial charge on any atom is -0.496 e. The molecule has 1 atom stereocenters. The van der Waals surface area contributed by atoms with Crippen LogP contribution in [0.1, 0.15) is 43.9 Å². The third-order valence-electron chi connectivity index (χ3n) is 5.32. The van der Waals surface area contributed by atoms with Gasteiger partial charge in [0.05, 0.1) is 13.2 Å². The molecule has 1 aromatic carbocycles. The van der Waals surface area contributed by atoms with Crippen LogP contribution in [0.3, 0.4) is 0 Å². The van der Waals surface area contributed by atoms with E-state index in [4.69, 9.17) is 4.74 Å². The zero-order valence-corrected chi connectivity index (χ0v) is 16.4. The molecule has 24 heavy (non-hydrogen) atoms. The van der Waals surface area contributed by atoms with Gasteiger partial charge in [0.1, 0.15) is 5.75 Å². The summed E-state index contributed by atoms with van der Waals surface area (Å²) in [6.07, 6.45) is 2.78. The maximum Gasteiger partial charge on any atom is 0.226 e. The molecule has 1 N–H and O–H groups in total. The molecular weight excluding hydrogens is 368 g/mol. The first-order valence-electron chi connectivity index (χ1n) is 8.91. The number of rotatable bonds is 3. The van der Waals surface area contributed by atoms with Crippen molar-refractivity contribution in [3.8, 4) is 5.75 Å². The lowest BCUT2D eigenvalue weighted by atomic mass is 9.84. The van der Waals surface area contributed by atoms with Crippen molar-refractivity contribution in [2.75, 3.05) is 26.7 Å². The van der Waals surface area contributed by atoms with Crippen molar-refractivity contribution in [1.82, 2.24) is 10.2 Å². The number of nitrogens with one attached hydrogen (secondary N) is 1. The van der Waals surface area contributed by atoms with E-state index >= 15 is 0 Å². The summed E-state index contributed by atoms with van der Waals surface area (Å²) in [5.74, 6) is 1.72. The summed E-state index contributed by atoms with van der Waals surface area (Å²) in [7, 11) is 1.72. The molecule has 1 saturated heterocycles. The van der Waals surface area contributed by atoms with Crippen LogP contribution in [0.25, 0.3) is 0 Å². The van der Waals surface area contributed by atoms with Crippen LogP contribution in [-0.2, 0) is 11.2 Å². The Kier molecular flexibility index (Phi) is 5.50. The van der Waals surface area contributed by atoms with Gasteiger partial charge < -0.3 is 15.0 Å². The van der Waals surface area contributed by atoms with Crippen molar-refractivity contribution in [3.63, 3.8) is 0 Å². The van der Waals surface area contributed by atoms with E-state index in [1.165, 1.54) is 11.1 Å². The minimum atomic E-state index is 0.0867. The highest BCUT2D eigenvalue weighted by atomic mass is 79.9. The number of carbonyl (C=O) groups is 1. The van der Waals surface area contributed by atoms with Crippen LogP contribution < -0.4 is 10.1 Å². The van der Waals surface area contributed by atoms with Crippen LogP contribution in [0, 0.1) is 11.8 Å². The number of ether oxygens (including phenoxy) is 1. The fourth-order valence-electron chi connectivity index (χ4n) is 4.14. The Hall–Kier alpha value is -1.07. The van der Waals surface area contributed by atoms with Crippen molar-refractivity contribution < 1.29 is 9.53 Å². The number of benzene rings is 1. The van der Waals surface area contributed by atoms with E-state index in [-0.39, 0.29) is 12.0 Å². The van der Waals surface area contributed by atoms with Gasteiger partial charge in [-0.05, 0) is 56.0 Å². The maximum atomic E-state index is 13.2. The standard InChI is InChI=1S/C19H27BrN2O2/c1-12(2)18-17-14(15(20)4-5-16(17)24-3)8-11-22(18)19(23)13-6-9-21-10-7-13/h4-5,12-13,18,21H,6-11H2,1-3H3. The Morgan fingerprint density at radius 1 is 1.33 bits per heavy atom. The topological polar surface area (TPSA) is 41.6 Å². The average Bonchev–Trinajstić information content (AvgIpc) is 2.61. The van der Waals surface area contributed by atoms with Gasteiger partial charge in [0, 0.05) is 22.5 Å². The molecule has 3 rings (SSSR count). The Bertz CT molecular complexity index is 612. The van der Waals surface area contributed by atoms with Gasteiger partial charge in [0.15, 0.2) is 0 Å². The Morgan fingerprint density at radius 3 is 2.67 bits per heavy atom. The number of methoxy groups -OCH3 is 1. The SMILES string of the molecule is COc1ccc(Br)c2c1C(C(C)C)N(C(=O)C1CCNCC1)CC2. The van der Waals surface area contributed by atoms with Gasteiger partial charge in [-0.25, -0.2) is 0 Å². The molecule has 2 heterocycles. The van der Waals surface area contributed by atoms with E-state index in [2.05, 4.69) is 46.1 Å². The van der Waals surface area contributed by atoms with Crippen LogP contribution in [0.15, 0.2) is 16.6 Å². The summed E-state index contributed by atoms with van der Waals surface area (Å²) in [5.41, 5.74) is 2.48. The van der Waals surface area contributed by atoms with E-state index in [9.17, 15) is 4.79 Å². The molecule has 1 unspecified atom stereocenters. The number of hydrogen-bond acceptors (Lipinski definition) is 3. The molecule has 0 spiro atoms. The van der Waals surface area contributed by atoms with Crippen LogP contribution in [0.5, 0.6) is 5.75 Å². The Morgan fingerprint density at radius 2 is 2.04 bits per heavy atom. The second-order valence-electron chi connectivity index (χ2n) is 7.14. The number of piperidine rings is 1. The number of halogens is 1. The predicted octanol–water partition coefficient (Wildman–Crippen LogP) is 3.54. The van der Waals surface area contributed by atoms with E-state index in [0.717, 1.165) is 49.1 Å². The van der Waals surface area contributed by atoms with E-state index < -0.39 is 0 Å². The lowest BCUT2D eigenvalue weighted by Crippen LogP contribution is -2.47. The summed E-state index contributed by atoms with van der Waals surface area (Å²) in [6, 6.07) is 4.15. The fraction of sp³-hybridized carbons (Fsp3) is 0.632. The average molecular weight is 395 g/mol. The quantitative estimate of drug-likeness (QED) is 0.851. The monoisotopic (exact) mass is 394 g/mol. The van der Waals surface area contributed by atoms with Gasteiger partial charge in [0.2, 0.25) is 5.91 Å². The van der Waals surface area contributed by atoms with E-state index in [1.54, 1.807) is 7.11 Å². The van der Waals surface area contributed by atoms with Crippen LogP contribution >= 0.6 is 15.9 Å². The van der Waals surface area contributed by atoms with Gasteiger partial charge in [-0.15, -0.1) is 0 Å². The maximum absolute atomic E-state index is 13.2. The highest BCUT2D eigenvalue weighted by Crippen LogP contribution is 2.44.